The highest BCUT2D eigenvalue weighted by molar-refractivity contribution is 9.10. The zero-order valence-corrected chi connectivity index (χ0v) is 19.8. The first kappa shape index (κ1) is 22.3. The first-order valence-corrected chi connectivity index (χ1v) is 11.1. The number of anilines is 1. The van der Waals surface area contributed by atoms with Gasteiger partial charge in [-0.3, -0.25) is 0 Å². The number of piperidine rings is 1. The number of pyridine rings is 1. The van der Waals surface area contributed by atoms with Crippen molar-refractivity contribution in [2.24, 2.45) is 5.92 Å². The molecule has 0 radical (unpaired) electrons. The molecule has 0 spiro atoms. The van der Waals surface area contributed by atoms with E-state index in [9.17, 15) is 0 Å². The fraction of sp³-hybridized carbons (Fsp3) is 0.417. The summed E-state index contributed by atoms with van der Waals surface area (Å²) in [5.74, 6) is 0.832. The largest absolute Gasteiger partial charge is 0.373 e. The van der Waals surface area contributed by atoms with E-state index in [1.165, 1.54) is 46.3 Å². The third-order valence-electron chi connectivity index (χ3n) is 5.87. The van der Waals surface area contributed by atoms with Crippen LogP contribution in [0.15, 0.2) is 28.9 Å². The molecule has 1 saturated heterocycles. The number of hydrogen-bond acceptors (Lipinski definition) is 4. The Labute approximate surface area is 186 Å². The second-order valence-corrected chi connectivity index (χ2v) is 9.22. The van der Waals surface area contributed by atoms with Crippen LogP contribution in [0.3, 0.4) is 0 Å². The van der Waals surface area contributed by atoms with Crippen LogP contribution in [0.2, 0.25) is 0 Å². The number of aryl methyl sites for hydroxylation is 4. The van der Waals surface area contributed by atoms with Crippen LogP contribution in [0.1, 0.15) is 42.1 Å². The summed E-state index contributed by atoms with van der Waals surface area (Å²) in [6, 6.07) is 6.65. The SMILES string of the molecule is Cc1cc(N2CCC(C)CC2)c2c(C)cn(-c3c(C)cc(Br)cc3C)c2n1.O=C=O. The Morgan fingerprint density at radius 1 is 1.00 bits per heavy atom. The highest BCUT2D eigenvalue weighted by Gasteiger charge is 2.22. The van der Waals surface area contributed by atoms with Gasteiger partial charge in [-0.25, -0.2) is 4.98 Å². The first-order chi connectivity index (χ1) is 14.3. The predicted molar refractivity (Wildman–Crippen MR) is 123 cm³/mol. The zero-order valence-electron chi connectivity index (χ0n) is 18.3. The van der Waals surface area contributed by atoms with Gasteiger partial charge in [0.1, 0.15) is 5.65 Å². The topological polar surface area (TPSA) is 55.2 Å². The summed E-state index contributed by atoms with van der Waals surface area (Å²) in [6.45, 7) is 13.3. The molecule has 0 atom stereocenters. The number of nitrogens with zero attached hydrogens (tertiary/aromatic N) is 3. The van der Waals surface area contributed by atoms with Crippen molar-refractivity contribution in [3.05, 3.63) is 51.3 Å². The Bertz CT molecular complexity index is 1080. The third kappa shape index (κ3) is 4.35. The minimum Gasteiger partial charge on any atom is -0.371 e. The van der Waals surface area contributed by atoms with Crippen molar-refractivity contribution >= 4 is 38.8 Å². The van der Waals surface area contributed by atoms with Crippen molar-refractivity contribution < 1.29 is 9.59 Å². The average molecular weight is 470 g/mol. The number of carbonyl (C=O) groups excluding carboxylic acids is 2. The van der Waals surface area contributed by atoms with Gasteiger partial charge in [0.15, 0.2) is 0 Å². The summed E-state index contributed by atoms with van der Waals surface area (Å²) in [7, 11) is 0. The van der Waals surface area contributed by atoms with Crippen LogP contribution in [0.25, 0.3) is 16.7 Å². The van der Waals surface area contributed by atoms with Gasteiger partial charge in [-0.2, -0.15) is 9.59 Å². The van der Waals surface area contributed by atoms with Gasteiger partial charge in [-0.15, -0.1) is 0 Å². The van der Waals surface area contributed by atoms with Crippen LogP contribution in [0.5, 0.6) is 0 Å². The average Bonchev–Trinajstić information content (AvgIpc) is 2.98. The molecule has 1 aliphatic heterocycles. The molecule has 0 amide bonds. The van der Waals surface area contributed by atoms with Gasteiger partial charge in [0, 0.05) is 40.5 Å². The molecule has 5 nitrogen and oxygen atoms in total. The lowest BCUT2D eigenvalue weighted by atomic mass is 9.98. The van der Waals surface area contributed by atoms with Gasteiger partial charge in [0.2, 0.25) is 0 Å². The minimum atomic E-state index is 0.250. The predicted octanol–water partition coefficient (Wildman–Crippen LogP) is 5.67. The van der Waals surface area contributed by atoms with E-state index in [4.69, 9.17) is 14.6 Å². The normalized spacial score (nSPS) is 14.4. The highest BCUT2D eigenvalue weighted by atomic mass is 79.9. The Morgan fingerprint density at radius 2 is 1.57 bits per heavy atom. The summed E-state index contributed by atoms with van der Waals surface area (Å²) < 4.78 is 3.42. The smallest absolute Gasteiger partial charge is 0.371 e. The molecule has 3 aromatic rings. The van der Waals surface area contributed by atoms with Crippen LogP contribution in [-0.4, -0.2) is 28.8 Å². The molecule has 158 valence electrons. The van der Waals surface area contributed by atoms with Gasteiger partial charge in [0.25, 0.3) is 0 Å². The van der Waals surface area contributed by atoms with E-state index in [2.05, 4.69) is 84.4 Å². The molecule has 30 heavy (non-hydrogen) atoms. The van der Waals surface area contributed by atoms with Crippen LogP contribution in [-0.2, 0) is 9.59 Å². The third-order valence-corrected chi connectivity index (χ3v) is 6.33. The lowest BCUT2D eigenvalue weighted by Crippen LogP contribution is -2.33. The molecule has 6 heteroatoms. The summed E-state index contributed by atoms with van der Waals surface area (Å²) in [5, 5.41) is 1.30. The van der Waals surface area contributed by atoms with E-state index in [0.717, 1.165) is 34.8 Å². The molecule has 2 aromatic heterocycles. The van der Waals surface area contributed by atoms with Crippen molar-refractivity contribution in [3.8, 4) is 5.69 Å². The Balaban J connectivity index is 0.000000806. The molecule has 3 heterocycles. The fourth-order valence-corrected chi connectivity index (χ4v) is 5.15. The summed E-state index contributed by atoms with van der Waals surface area (Å²) in [4.78, 5) is 23.8. The lowest BCUT2D eigenvalue weighted by Gasteiger charge is -2.33. The number of benzene rings is 1. The van der Waals surface area contributed by atoms with E-state index in [-0.39, 0.29) is 6.15 Å². The number of fused-ring (bicyclic) bond motifs is 1. The van der Waals surface area contributed by atoms with E-state index >= 15 is 0 Å². The standard InChI is InChI=1S/C23H28BrN3.CO2/c1-14-6-8-26(9-7-14)20-12-18(5)25-23-21(20)17(4)13-27(23)22-15(2)10-19(24)11-16(22)3;2-1-3/h10-14H,6-9H2,1-5H3;. The second kappa shape index (κ2) is 9.15. The van der Waals surface area contributed by atoms with Gasteiger partial charge >= 0.3 is 6.15 Å². The number of rotatable bonds is 2. The summed E-state index contributed by atoms with van der Waals surface area (Å²) in [5.41, 5.74) is 8.58. The maximum Gasteiger partial charge on any atom is 0.373 e. The Hall–Kier alpha value is -2.43. The molecular weight excluding hydrogens is 442 g/mol. The maximum absolute atomic E-state index is 8.12. The van der Waals surface area contributed by atoms with Crippen molar-refractivity contribution in [1.82, 2.24) is 9.55 Å². The van der Waals surface area contributed by atoms with Crippen molar-refractivity contribution in [2.75, 3.05) is 18.0 Å². The molecule has 0 aliphatic carbocycles. The van der Waals surface area contributed by atoms with Gasteiger partial charge in [0.05, 0.1) is 5.69 Å². The molecule has 0 N–H and O–H groups in total. The minimum absolute atomic E-state index is 0.250. The maximum atomic E-state index is 8.12. The molecule has 0 saturated carbocycles. The van der Waals surface area contributed by atoms with Crippen LogP contribution in [0, 0.1) is 33.6 Å². The summed E-state index contributed by atoms with van der Waals surface area (Å²) in [6.07, 6.45) is 5.05. The van der Waals surface area contributed by atoms with E-state index in [1.807, 2.05) is 0 Å². The Morgan fingerprint density at radius 3 is 2.13 bits per heavy atom. The summed E-state index contributed by atoms with van der Waals surface area (Å²) >= 11 is 3.62. The monoisotopic (exact) mass is 469 g/mol. The number of halogens is 1. The zero-order chi connectivity index (χ0) is 22.0. The van der Waals surface area contributed by atoms with Crippen molar-refractivity contribution in [2.45, 2.75) is 47.5 Å². The van der Waals surface area contributed by atoms with Crippen molar-refractivity contribution in [1.29, 1.82) is 0 Å². The molecule has 1 fully saturated rings. The lowest BCUT2D eigenvalue weighted by molar-refractivity contribution is -0.191. The molecule has 1 aromatic carbocycles. The Kier molecular flexibility index (Phi) is 6.79. The number of aromatic nitrogens is 2. The second-order valence-electron chi connectivity index (χ2n) is 8.30. The quantitative estimate of drug-likeness (QED) is 0.484. The van der Waals surface area contributed by atoms with Gasteiger partial charge in [-0.05, 0) is 81.3 Å². The van der Waals surface area contributed by atoms with Crippen LogP contribution < -0.4 is 4.90 Å². The molecule has 1 aliphatic rings. The molecule has 0 unspecified atom stereocenters. The molecule has 4 rings (SSSR count). The van der Waals surface area contributed by atoms with Crippen LogP contribution >= 0.6 is 15.9 Å². The van der Waals surface area contributed by atoms with Gasteiger partial charge < -0.3 is 9.47 Å². The van der Waals surface area contributed by atoms with E-state index < -0.39 is 0 Å². The van der Waals surface area contributed by atoms with E-state index in [1.54, 1.807) is 0 Å². The highest BCUT2D eigenvalue weighted by Crippen LogP contribution is 2.36. The fourth-order valence-electron chi connectivity index (χ4n) is 4.46. The van der Waals surface area contributed by atoms with E-state index in [0.29, 0.717) is 0 Å². The van der Waals surface area contributed by atoms with Gasteiger partial charge in [-0.1, -0.05) is 22.9 Å². The number of hydrogen-bond donors (Lipinski definition) is 0. The molecule has 0 bridgehead atoms. The molecular formula is C24H28BrN3O2. The van der Waals surface area contributed by atoms with Crippen LogP contribution in [0.4, 0.5) is 5.69 Å². The van der Waals surface area contributed by atoms with Crippen molar-refractivity contribution in [3.63, 3.8) is 0 Å². The first-order valence-electron chi connectivity index (χ1n) is 10.3.